The lowest BCUT2D eigenvalue weighted by Gasteiger charge is -2.10. The van der Waals surface area contributed by atoms with Gasteiger partial charge in [0.1, 0.15) is 5.75 Å². The van der Waals surface area contributed by atoms with Crippen LogP contribution in [0.3, 0.4) is 0 Å². The SMILES string of the molecule is CC(C)Oc1cc(Br)c2[nH]ccc2c1. The van der Waals surface area contributed by atoms with Crippen molar-refractivity contribution in [3.8, 4) is 5.75 Å². The first kappa shape index (κ1) is 9.59. The molecule has 0 aliphatic carbocycles. The maximum atomic E-state index is 5.63. The van der Waals surface area contributed by atoms with Gasteiger partial charge in [-0.3, -0.25) is 0 Å². The number of nitrogens with one attached hydrogen (secondary N) is 1. The number of hydrogen-bond donors (Lipinski definition) is 1. The molecule has 0 unspecified atom stereocenters. The molecule has 0 atom stereocenters. The van der Waals surface area contributed by atoms with Gasteiger partial charge in [0.15, 0.2) is 0 Å². The molecule has 74 valence electrons. The van der Waals surface area contributed by atoms with Crippen LogP contribution in [0.1, 0.15) is 13.8 Å². The highest BCUT2D eigenvalue weighted by Crippen LogP contribution is 2.28. The van der Waals surface area contributed by atoms with E-state index in [0.717, 1.165) is 21.1 Å². The molecule has 0 amide bonds. The van der Waals surface area contributed by atoms with Crippen molar-refractivity contribution in [1.29, 1.82) is 0 Å². The zero-order valence-electron chi connectivity index (χ0n) is 8.17. The van der Waals surface area contributed by atoms with E-state index >= 15 is 0 Å². The summed E-state index contributed by atoms with van der Waals surface area (Å²) in [6, 6.07) is 6.06. The molecule has 0 spiro atoms. The van der Waals surface area contributed by atoms with Gasteiger partial charge in [-0.2, -0.15) is 0 Å². The van der Waals surface area contributed by atoms with E-state index < -0.39 is 0 Å². The van der Waals surface area contributed by atoms with Gasteiger partial charge in [-0.15, -0.1) is 0 Å². The summed E-state index contributed by atoms with van der Waals surface area (Å²) in [6.07, 6.45) is 2.13. The monoisotopic (exact) mass is 253 g/mol. The van der Waals surface area contributed by atoms with E-state index in [-0.39, 0.29) is 6.10 Å². The lowest BCUT2D eigenvalue weighted by Crippen LogP contribution is -2.05. The van der Waals surface area contributed by atoms with Gasteiger partial charge in [0, 0.05) is 16.1 Å². The van der Waals surface area contributed by atoms with Crippen LogP contribution in [0, 0.1) is 0 Å². The van der Waals surface area contributed by atoms with E-state index in [4.69, 9.17) is 4.74 Å². The van der Waals surface area contributed by atoms with Crippen molar-refractivity contribution in [3.05, 3.63) is 28.9 Å². The van der Waals surface area contributed by atoms with Crippen LogP contribution in [-0.4, -0.2) is 11.1 Å². The number of fused-ring (bicyclic) bond motifs is 1. The molecule has 0 radical (unpaired) electrons. The molecule has 0 saturated heterocycles. The molecule has 1 aromatic heterocycles. The minimum absolute atomic E-state index is 0.207. The number of hydrogen-bond acceptors (Lipinski definition) is 1. The van der Waals surface area contributed by atoms with E-state index in [2.05, 4.69) is 20.9 Å². The Kier molecular flexibility index (Phi) is 2.50. The second-order valence-corrected chi connectivity index (χ2v) is 4.37. The fourth-order valence-corrected chi connectivity index (χ4v) is 2.01. The molecule has 1 N–H and O–H groups in total. The lowest BCUT2D eigenvalue weighted by atomic mass is 10.2. The first-order chi connectivity index (χ1) is 6.66. The first-order valence-corrected chi connectivity index (χ1v) is 5.39. The van der Waals surface area contributed by atoms with Crippen LogP contribution in [0.5, 0.6) is 5.75 Å². The van der Waals surface area contributed by atoms with Crippen LogP contribution in [0.15, 0.2) is 28.9 Å². The van der Waals surface area contributed by atoms with Crippen molar-refractivity contribution >= 4 is 26.8 Å². The van der Waals surface area contributed by atoms with Gasteiger partial charge < -0.3 is 9.72 Å². The summed E-state index contributed by atoms with van der Waals surface area (Å²) < 4.78 is 6.67. The zero-order valence-corrected chi connectivity index (χ0v) is 9.76. The third-order valence-electron chi connectivity index (χ3n) is 1.96. The Balaban J connectivity index is 2.47. The molecular formula is C11H12BrNO. The first-order valence-electron chi connectivity index (χ1n) is 4.60. The minimum atomic E-state index is 0.207. The van der Waals surface area contributed by atoms with E-state index in [1.807, 2.05) is 38.2 Å². The van der Waals surface area contributed by atoms with E-state index in [0.29, 0.717) is 0 Å². The molecule has 0 saturated carbocycles. The van der Waals surface area contributed by atoms with Crippen molar-refractivity contribution in [2.75, 3.05) is 0 Å². The number of aromatic amines is 1. The zero-order chi connectivity index (χ0) is 10.1. The largest absolute Gasteiger partial charge is 0.491 e. The summed E-state index contributed by atoms with van der Waals surface area (Å²) in [5.41, 5.74) is 1.11. The number of benzene rings is 1. The van der Waals surface area contributed by atoms with Crippen LogP contribution in [0.2, 0.25) is 0 Å². The van der Waals surface area contributed by atoms with Gasteiger partial charge >= 0.3 is 0 Å². The van der Waals surface area contributed by atoms with Gasteiger partial charge in [0.25, 0.3) is 0 Å². The second kappa shape index (κ2) is 3.65. The van der Waals surface area contributed by atoms with Gasteiger partial charge in [-0.1, -0.05) is 0 Å². The fraction of sp³-hybridized carbons (Fsp3) is 0.273. The number of aromatic nitrogens is 1. The lowest BCUT2D eigenvalue weighted by molar-refractivity contribution is 0.242. The van der Waals surface area contributed by atoms with Crippen LogP contribution in [0.4, 0.5) is 0 Å². The molecule has 3 heteroatoms. The molecule has 0 bridgehead atoms. The summed E-state index contributed by atoms with van der Waals surface area (Å²) in [6.45, 7) is 4.05. The molecule has 2 nitrogen and oxygen atoms in total. The third kappa shape index (κ3) is 1.77. The Morgan fingerprint density at radius 2 is 2.14 bits per heavy atom. The summed E-state index contributed by atoms with van der Waals surface area (Å²) in [7, 11) is 0. The predicted molar refractivity (Wildman–Crippen MR) is 61.8 cm³/mol. The van der Waals surface area contributed by atoms with Crippen LogP contribution in [-0.2, 0) is 0 Å². The third-order valence-corrected chi connectivity index (χ3v) is 2.58. The molecular weight excluding hydrogens is 242 g/mol. The summed E-state index contributed by atoms with van der Waals surface area (Å²) in [5.74, 6) is 0.902. The summed E-state index contributed by atoms with van der Waals surface area (Å²) in [4.78, 5) is 3.17. The van der Waals surface area contributed by atoms with Gasteiger partial charge in [0.05, 0.1) is 11.6 Å². The maximum Gasteiger partial charge on any atom is 0.121 e. The Morgan fingerprint density at radius 3 is 2.86 bits per heavy atom. The molecule has 14 heavy (non-hydrogen) atoms. The van der Waals surface area contributed by atoms with E-state index in [1.165, 1.54) is 0 Å². The van der Waals surface area contributed by atoms with Crippen molar-refractivity contribution in [1.82, 2.24) is 4.98 Å². The standard InChI is InChI=1S/C11H12BrNO/c1-7(2)14-9-5-8-3-4-13-11(8)10(12)6-9/h3-7,13H,1-2H3. The number of H-pyrrole nitrogens is 1. The minimum Gasteiger partial charge on any atom is -0.491 e. The quantitative estimate of drug-likeness (QED) is 0.868. The van der Waals surface area contributed by atoms with Crippen LogP contribution in [0.25, 0.3) is 10.9 Å². The van der Waals surface area contributed by atoms with E-state index in [9.17, 15) is 0 Å². The highest BCUT2D eigenvalue weighted by atomic mass is 79.9. The highest BCUT2D eigenvalue weighted by Gasteiger charge is 2.04. The van der Waals surface area contributed by atoms with Crippen molar-refractivity contribution in [2.45, 2.75) is 20.0 Å². The smallest absolute Gasteiger partial charge is 0.121 e. The van der Waals surface area contributed by atoms with Gasteiger partial charge in [0.2, 0.25) is 0 Å². The Hall–Kier alpha value is -0.960. The normalized spacial score (nSPS) is 11.1. The second-order valence-electron chi connectivity index (χ2n) is 3.51. The number of rotatable bonds is 2. The average molecular weight is 254 g/mol. The Bertz CT molecular complexity index is 447. The average Bonchev–Trinajstić information content (AvgIpc) is 2.50. The topological polar surface area (TPSA) is 25.0 Å². The molecule has 0 aliphatic heterocycles. The maximum absolute atomic E-state index is 5.63. The Morgan fingerprint density at radius 1 is 1.36 bits per heavy atom. The van der Waals surface area contributed by atoms with E-state index in [1.54, 1.807) is 0 Å². The number of ether oxygens (including phenoxy) is 1. The molecule has 2 rings (SSSR count). The van der Waals surface area contributed by atoms with Gasteiger partial charge in [-0.25, -0.2) is 0 Å². The number of halogens is 1. The van der Waals surface area contributed by atoms with Crippen LogP contribution >= 0.6 is 15.9 Å². The molecule has 1 heterocycles. The van der Waals surface area contributed by atoms with Gasteiger partial charge in [-0.05, 0) is 48.0 Å². The van der Waals surface area contributed by atoms with Crippen LogP contribution < -0.4 is 4.74 Å². The fourth-order valence-electron chi connectivity index (χ4n) is 1.44. The van der Waals surface area contributed by atoms with Crippen molar-refractivity contribution < 1.29 is 4.74 Å². The Labute approximate surface area is 91.4 Å². The van der Waals surface area contributed by atoms with Crippen molar-refractivity contribution in [2.24, 2.45) is 0 Å². The summed E-state index contributed by atoms with van der Waals surface area (Å²) >= 11 is 3.51. The van der Waals surface area contributed by atoms with Crippen molar-refractivity contribution in [3.63, 3.8) is 0 Å². The molecule has 0 fully saturated rings. The molecule has 2 aromatic rings. The predicted octanol–water partition coefficient (Wildman–Crippen LogP) is 3.72. The highest BCUT2D eigenvalue weighted by molar-refractivity contribution is 9.10. The molecule has 0 aliphatic rings. The molecule has 1 aromatic carbocycles. The summed E-state index contributed by atoms with van der Waals surface area (Å²) in [5, 5.41) is 1.16.